The highest BCUT2D eigenvalue weighted by molar-refractivity contribution is 5.48. The number of rotatable bonds is 5. The van der Waals surface area contributed by atoms with Gasteiger partial charge in [0.15, 0.2) is 0 Å². The largest absolute Gasteiger partial charge is 0.396 e. The lowest BCUT2D eigenvalue weighted by atomic mass is 10.1. The maximum absolute atomic E-state index is 9.76. The number of benzene rings is 1. The van der Waals surface area contributed by atoms with Gasteiger partial charge in [-0.25, -0.2) is 0 Å². The third-order valence-electron chi connectivity index (χ3n) is 3.85. The summed E-state index contributed by atoms with van der Waals surface area (Å²) in [4.78, 5) is 2.36. The lowest BCUT2D eigenvalue weighted by Gasteiger charge is -2.19. The molecule has 18 heavy (non-hydrogen) atoms. The predicted octanol–water partition coefficient (Wildman–Crippen LogP) is 2.34. The fourth-order valence-electron chi connectivity index (χ4n) is 2.63. The molecule has 1 aliphatic rings. The van der Waals surface area contributed by atoms with Crippen molar-refractivity contribution in [1.82, 2.24) is 0 Å². The van der Waals surface area contributed by atoms with Gasteiger partial charge in [-0.1, -0.05) is 19.1 Å². The molecule has 0 bridgehead atoms. The van der Waals surface area contributed by atoms with E-state index in [0.29, 0.717) is 12.5 Å². The van der Waals surface area contributed by atoms with E-state index in [2.05, 4.69) is 17.0 Å². The molecule has 0 amide bonds. The fourth-order valence-corrected chi connectivity index (χ4v) is 2.63. The molecule has 3 heteroatoms. The molecule has 1 aliphatic heterocycles. The number of nitrogens with zero attached hydrogens (tertiary/aromatic N) is 1. The van der Waals surface area contributed by atoms with E-state index in [1.807, 2.05) is 19.1 Å². The van der Waals surface area contributed by atoms with E-state index in [9.17, 15) is 5.11 Å². The summed E-state index contributed by atoms with van der Waals surface area (Å²) in [7, 11) is 0. The summed E-state index contributed by atoms with van der Waals surface area (Å²) in [5.74, 6) is 0.621. The van der Waals surface area contributed by atoms with Gasteiger partial charge in [0.25, 0.3) is 0 Å². The summed E-state index contributed by atoms with van der Waals surface area (Å²) in [5, 5.41) is 18.7. The first-order valence-corrected chi connectivity index (χ1v) is 6.88. The van der Waals surface area contributed by atoms with Crippen LogP contribution in [0.25, 0.3) is 0 Å². The van der Waals surface area contributed by atoms with Crippen molar-refractivity contribution in [2.45, 2.75) is 32.3 Å². The second-order valence-electron chi connectivity index (χ2n) is 5.13. The van der Waals surface area contributed by atoms with Crippen LogP contribution in [-0.2, 0) is 0 Å². The molecule has 1 fully saturated rings. The molecule has 0 aliphatic carbocycles. The average molecular weight is 249 g/mol. The zero-order valence-electron chi connectivity index (χ0n) is 11.0. The van der Waals surface area contributed by atoms with Crippen LogP contribution in [0.4, 0.5) is 5.69 Å². The number of hydrogen-bond donors (Lipinski definition) is 2. The SMILES string of the molecule is CC[C@H](O)c1ccc(N2CCC(CCO)C2)cc1. The molecule has 1 aromatic rings. The third kappa shape index (κ3) is 3.03. The molecule has 0 spiro atoms. The van der Waals surface area contributed by atoms with Gasteiger partial charge in [0.05, 0.1) is 6.10 Å². The standard InChI is InChI=1S/C15H23NO2/c1-2-15(18)13-3-5-14(6-4-13)16-9-7-12(11-16)8-10-17/h3-6,12,15,17-18H,2,7-11H2,1H3/t12?,15-/m0/s1. The van der Waals surface area contributed by atoms with Crippen molar-refractivity contribution >= 4 is 5.69 Å². The fraction of sp³-hybridized carbons (Fsp3) is 0.600. The van der Waals surface area contributed by atoms with Gasteiger partial charge in [0, 0.05) is 25.4 Å². The maximum atomic E-state index is 9.76. The highest BCUT2D eigenvalue weighted by Gasteiger charge is 2.22. The Bertz CT molecular complexity index is 363. The average Bonchev–Trinajstić information content (AvgIpc) is 2.87. The van der Waals surface area contributed by atoms with Crippen LogP contribution in [-0.4, -0.2) is 29.9 Å². The Labute approximate surface area is 109 Å². The summed E-state index contributed by atoms with van der Waals surface area (Å²) in [6, 6.07) is 8.22. The highest BCUT2D eigenvalue weighted by atomic mass is 16.3. The van der Waals surface area contributed by atoms with E-state index in [1.54, 1.807) is 0 Å². The van der Waals surface area contributed by atoms with E-state index < -0.39 is 0 Å². The summed E-state index contributed by atoms with van der Waals surface area (Å²) in [6.45, 7) is 4.38. The molecular formula is C15H23NO2. The van der Waals surface area contributed by atoms with Crippen LogP contribution >= 0.6 is 0 Å². The Morgan fingerprint density at radius 2 is 2.06 bits per heavy atom. The van der Waals surface area contributed by atoms with Crippen LogP contribution in [0.3, 0.4) is 0 Å². The molecule has 2 rings (SSSR count). The minimum absolute atomic E-state index is 0.292. The molecular weight excluding hydrogens is 226 g/mol. The molecule has 0 saturated carbocycles. The van der Waals surface area contributed by atoms with Crippen LogP contribution in [0.1, 0.15) is 37.9 Å². The first kappa shape index (κ1) is 13.4. The highest BCUT2D eigenvalue weighted by Crippen LogP contribution is 2.27. The molecule has 1 heterocycles. The zero-order chi connectivity index (χ0) is 13.0. The van der Waals surface area contributed by atoms with Crippen molar-refractivity contribution in [3.8, 4) is 0 Å². The van der Waals surface area contributed by atoms with Crippen molar-refractivity contribution in [1.29, 1.82) is 0 Å². The monoisotopic (exact) mass is 249 g/mol. The predicted molar refractivity (Wildman–Crippen MR) is 73.7 cm³/mol. The summed E-state index contributed by atoms with van der Waals surface area (Å²) < 4.78 is 0. The van der Waals surface area contributed by atoms with Gasteiger partial charge in [0.1, 0.15) is 0 Å². The Kier molecular flexibility index (Phi) is 4.61. The van der Waals surface area contributed by atoms with Crippen LogP contribution in [0, 0.1) is 5.92 Å². The molecule has 1 saturated heterocycles. The van der Waals surface area contributed by atoms with Gasteiger partial charge in [-0.05, 0) is 42.9 Å². The number of aliphatic hydroxyl groups is 2. The maximum Gasteiger partial charge on any atom is 0.0787 e. The minimum atomic E-state index is -0.347. The molecule has 3 nitrogen and oxygen atoms in total. The zero-order valence-corrected chi connectivity index (χ0v) is 11.0. The second kappa shape index (κ2) is 6.21. The lowest BCUT2D eigenvalue weighted by molar-refractivity contribution is 0.173. The van der Waals surface area contributed by atoms with E-state index in [-0.39, 0.29) is 6.10 Å². The van der Waals surface area contributed by atoms with Gasteiger partial charge < -0.3 is 15.1 Å². The summed E-state index contributed by atoms with van der Waals surface area (Å²) >= 11 is 0. The van der Waals surface area contributed by atoms with Crippen LogP contribution in [0.5, 0.6) is 0 Å². The van der Waals surface area contributed by atoms with Crippen LogP contribution in [0.15, 0.2) is 24.3 Å². The van der Waals surface area contributed by atoms with Crippen molar-refractivity contribution in [2.75, 3.05) is 24.6 Å². The topological polar surface area (TPSA) is 43.7 Å². The van der Waals surface area contributed by atoms with Gasteiger partial charge in [-0.3, -0.25) is 0 Å². The molecule has 1 unspecified atom stereocenters. The first-order chi connectivity index (χ1) is 8.74. The Hall–Kier alpha value is -1.06. The Balaban J connectivity index is 1.98. The number of aliphatic hydroxyl groups excluding tert-OH is 2. The van der Waals surface area contributed by atoms with Gasteiger partial charge >= 0.3 is 0 Å². The molecule has 1 aromatic carbocycles. The van der Waals surface area contributed by atoms with E-state index in [4.69, 9.17) is 5.11 Å². The first-order valence-electron chi connectivity index (χ1n) is 6.88. The van der Waals surface area contributed by atoms with Crippen molar-refractivity contribution in [2.24, 2.45) is 5.92 Å². The van der Waals surface area contributed by atoms with Crippen molar-refractivity contribution in [3.63, 3.8) is 0 Å². The number of anilines is 1. The van der Waals surface area contributed by atoms with Crippen molar-refractivity contribution < 1.29 is 10.2 Å². The molecule has 0 aromatic heterocycles. The minimum Gasteiger partial charge on any atom is -0.396 e. The quantitative estimate of drug-likeness (QED) is 0.842. The van der Waals surface area contributed by atoms with Crippen molar-refractivity contribution in [3.05, 3.63) is 29.8 Å². The molecule has 2 atom stereocenters. The summed E-state index contributed by atoms with van der Waals surface area (Å²) in [5.41, 5.74) is 2.22. The van der Waals surface area contributed by atoms with E-state index in [0.717, 1.165) is 31.5 Å². The van der Waals surface area contributed by atoms with Gasteiger partial charge in [-0.2, -0.15) is 0 Å². The molecule has 2 N–H and O–H groups in total. The van der Waals surface area contributed by atoms with Gasteiger partial charge in [0.2, 0.25) is 0 Å². The normalized spacial score (nSPS) is 21.3. The Morgan fingerprint density at radius 3 is 2.67 bits per heavy atom. The second-order valence-corrected chi connectivity index (χ2v) is 5.13. The van der Waals surface area contributed by atoms with E-state index in [1.165, 1.54) is 12.1 Å². The molecule has 0 radical (unpaired) electrons. The number of hydrogen-bond acceptors (Lipinski definition) is 3. The van der Waals surface area contributed by atoms with E-state index >= 15 is 0 Å². The van der Waals surface area contributed by atoms with Crippen LogP contribution < -0.4 is 4.90 Å². The summed E-state index contributed by atoms with van der Waals surface area (Å²) in [6.07, 6.45) is 2.48. The lowest BCUT2D eigenvalue weighted by Crippen LogP contribution is -2.19. The van der Waals surface area contributed by atoms with Gasteiger partial charge in [-0.15, -0.1) is 0 Å². The van der Waals surface area contributed by atoms with Crippen LogP contribution in [0.2, 0.25) is 0 Å². The smallest absolute Gasteiger partial charge is 0.0787 e. The third-order valence-corrected chi connectivity index (χ3v) is 3.85. The molecule has 100 valence electrons. The Morgan fingerprint density at radius 1 is 1.33 bits per heavy atom.